The Labute approximate surface area is 48.0 Å². The number of aliphatic hydroxyl groups is 1. The smallest absolute Gasteiger partial charge is 0.134 e. The number of rotatable bonds is 2. The summed E-state index contributed by atoms with van der Waals surface area (Å²) in [7, 11) is 0. The van der Waals surface area contributed by atoms with Crippen molar-refractivity contribution in [2.24, 2.45) is 5.16 Å². The molecule has 46 valence electrons. The van der Waals surface area contributed by atoms with Crippen molar-refractivity contribution in [1.82, 2.24) is 0 Å². The fourth-order valence-electron chi connectivity index (χ4n) is 0.647. The second kappa shape index (κ2) is 2.67. The molecule has 1 heterocycles. The van der Waals surface area contributed by atoms with Crippen molar-refractivity contribution in [2.75, 3.05) is 6.61 Å². The van der Waals surface area contributed by atoms with E-state index in [1.807, 2.05) is 0 Å². The van der Waals surface area contributed by atoms with Crippen LogP contribution in [0.4, 0.5) is 0 Å². The number of hydrogen-bond donors (Lipinski definition) is 1. The number of nitrogens with zero attached hydrogens (tertiary/aromatic N) is 1. The molecule has 0 amide bonds. The quantitative estimate of drug-likeness (QED) is 0.556. The Kier molecular flexibility index (Phi) is 1.86. The second-order valence-electron chi connectivity index (χ2n) is 1.76. The van der Waals surface area contributed by atoms with Crippen LogP contribution in [0.15, 0.2) is 5.16 Å². The third-order valence-corrected chi connectivity index (χ3v) is 1.10. The van der Waals surface area contributed by atoms with Gasteiger partial charge in [0.15, 0.2) is 0 Å². The van der Waals surface area contributed by atoms with E-state index < -0.39 is 0 Å². The maximum Gasteiger partial charge on any atom is 0.134 e. The van der Waals surface area contributed by atoms with Crippen LogP contribution in [0.25, 0.3) is 0 Å². The van der Waals surface area contributed by atoms with Crippen molar-refractivity contribution >= 4 is 6.21 Å². The van der Waals surface area contributed by atoms with E-state index >= 15 is 0 Å². The van der Waals surface area contributed by atoms with Crippen LogP contribution in [-0.4, -0.2) is 24.0 Å². The van der Waals surface area contributed by atoms with Crippen LogP contribution in [0.2, 0.25) is 0 Å². The molecular weight excluding hydrogens is 106 g/mol. The van der Waals surface area contributed by atoms with Crippen LogP contribution in [0.5, 0.6) is 0 Å². The van der Waals surface area contributed by atoms with E-state index in [4.69, 9.17) is 9.94 Å². The minimum Gasteiger partial charge on any atom is -0.396 e. The number of hydrogen-bond acceptors (Lipinski definition) is 3. The van der Waals surface area contributed by atoms with Gasteiger partial charge in [0, 0.05) is 25.7 Å². The Morgan fingerprint density at radius 1 is 1.88 bits per heavy atom. The van der Waals surface area contributed by atoms with Gasteiger partial charge in [0.2, 0.25) is 0 Å². The molecule has 0 saturated carbocycles. The summed E-state index contributed by atoms with van der Waals surface area (Å²) >= 11 is 0. The number of aliphatic hydroxyl groups excluding tert-OH is 1. The molecule has 1 aliphatic rings. The van der Waals surface area contributed by atoms with E-state index in [1.165, 1.54) is 0 Å². The molecule has 1 N–H and O–H groups in total. The molecule has 0 aromatic rings. The van der Waals surface area contributed by atoms with Crippen molar-refractivity contribution in [2.45, 2.75) is 18.9 Å². The summed E-state index contributed by atoms with van der Waals surface area (Å²) in [5, 5.41) is 11.9. The second-order valence-corrected chi connectivity index (χ2v) is 1.76. The highest BCUT2D eigenvalue weighted by molar-refractivity contribution is 5.58. The molecule has 0 bridgehead atoms. The molecule has 0 aromatic carbocycles. The van der Waals surface area contributed by atoms with Gasteiger partial charge in [-0.3, -0.25) is 0 Å². The fourth-order valence-corrected chi connectivity index (χ4v) is 0.647. The van der Waals surface area contributed by atoms with Gasteiger partial charge < -0.3 is 9.94 Å². The third kappa shape index (κ3) is 1.20. The van der Waals surface area contributed by atoms with Gasteiger partial charge in [-0.15, -0.1) is 0 Å². The first-order chi connectivity index (χ1) is 3.93. The Morgan fingerprint density at radius 3 is 3.25 bits per heavy atom. The summed E-state index contributed by atoms with van der Waals surface area (Å²) < 4.78 is 0. The molecule has 0 aromatic heterocycles. The molecule has 1 atom stereocenters. The van der Waals surface area contributed by atoms with Gasteiger partial charge in [-0.25, -0.2) is 0 Å². The molecule has 0 aliphatic carbocycles. The van der Waals surface area contributed by atoms with Crippen molar-refractivity contribution < 1.29 is 9.94 Å². The highest BCUT2D eigenvalue weighted by Gasteiger charge is 2.10. The SMILES string of the molecule is OCC[C@H]1CC=NO1. The zero-order valence-electron chi connectivity index (χ0n) is 4.58. The minimum atomic E-state index is 0.139. The predicted molar refractivity (Wildman–Crippen MR) is 29.7 cm³/mol. The molecule has 0 radical (unpaired) electrons. The van der Waals surface area contributed by atoms with Gasteiger partial charge in [0.05, 0.1) is 0 Å². The summed E-state index contributed by atoms with van der Waals surface area (Å²) in [6.07, 6.45) is 3.40. The first kappa shape index (κ1) is 5.56. The van der Waals surface area contributed by atoms with Gasteiger partial charge in [0.25, 0.3) is 0 Å². The molecule has 0 spiro atoms. The first-order valence-electron chi connectivity index (χ1n) is 2.72. The monoisotopic (exact) mass is 115 g/mol. The zero-order valence-corrected chi connectivity index (χ0v) is 4.58. The van der Waals surface area contributed by atoms with Gasteiger partial charge >= 0.3 is 0 Å². The van der Waals surface area contributed by atoms with Crippen LogP contribution in [0, 0.1) is 0 Å². The topological polar surface area (TPSA) is 41.8 Å². The molecule has 1 aliphatic heterocycles. The summed E-state index contributed by atoms with van der Waals surface area (Å²) in [4.78, 5) is 4.80. The summed E-state index contributed by atoms with van der Waals surface area (Å²) in [6, 6.07) is 0. The molecular formula is C5H9NO2. The van der Waals surface area contributed by atoms with Crippen LogP contribution in [0.3, 0.4) is 0 Å². The van der Waals surface area contributed by atoms with Crippen LogP contribution < -0.4 is 0 Å². The average Bonchev–Trinajstić information content (AvgIpc) is 2.19. The lowest BCUT2D eigenvalue weighted by Crippen LogP contribution is -2.06. The van der Waals surface area contributed by atoms with E-state index in [2.05, 4.69) is 5.16 Å². The van der Waals surface area contributed by atoms with Gasteiger partial charge in [-0.1, -0.05) is 5.16 Å². The highest BCUT2D eigenvalue weighted by Crippen LogP contribution is 2.07. The molecule has 0 saturated heterocycles. The maximum atomic E-state index is 8.39. The summed E-state index contributed by atoms with van der Waals surface area (Å²) in [6.45, 7) is 0.189. The molecule has 8 heavy (non-hydrogen) atoms. The molecule has 0 unspecified atom stereocenters. The first-order valence-corrected chi connectivity index (χ1v) is 2.72. The Bertz CT molecular complexity index is 84.4. The summed E-state index contributed by atoms with van der Waals surface area (Å²) in [5.74, 6) is 0. The number of oxime groups is 1. The van der Waals surface area contributed by atoms with E-state index in [1.54, 1.807) is 6.21 Å². The Hall–Kier alpha value is -0.570. The maximum absolute atomic E-state index is 8.39. The van der Waals surface area contributed by atoms with Crippen molar-refractivity contribution in [3.8, 4) is 0 Å². The van der Waals surface area contributed by atoms with Crippen molar-refractivity contribution in [3.63, 3.8) is 0 Å². The molecule has 3 heteroatoms. The zero-order chi connectivity index (χ0) is 5.82. The largest absolute Gasteiger partial charge is 0.396 e. The summed E-state index contributed by atoms with van der Waals surface area (Å²) in [5.41, 5.74) is 0. The van der Waals surface area contributed by atoms with Crippen LogP contribution in [-0.2, 0) is 4.84 Å². The minimum absolute atomic E-state index is 0.139. The van der Waals surface area contributed by atoms with E-state index in [0.717, 1.165) is 6.42 Å². The normalized spacial score (nSPS) is 25.9. The van der Waals surface area contributed by atoms with Gasteiger partial charge in [-0.2, -0.15) is 0 Å². The highest BCUT2D eigenvalue weighted by atomic mass is 16.6. The van der Waals surface area contributed by atoms with Crippen molar-refractivity contribution in [3.05, 3.63) is 0 Å². The van der Waals surface area contributed by atoms with E-state index in [9.17, 15) is 0 Å². The Morgan fingerprint density at radius 2 is 2.75 bits per heavy atom. The predicted octanol–water partition coefficient (Wildman–Crippen LogP) is 0.143. The average molecular weight is 115 g/mol. The van der Waals surface area contributed by atoms with E-state index in [-0.39, 0.29) is 12.7 Å². The Balaban J connectivity index is 2.10. The van der Waals surface area contributed by atoms with Crippen LogP contribution in [0.1, 0.15) is 12.8 Å². The lowest BCUT2D eigenvalue weighted by molar-refractivity contribution is 0.0645. The lowest BCUT2D eigenvalue weighted by Gasteiger charge is -2.02. The van der Waals surface area contributed by atoms with Crippen LogP contribution >= 0.6 is 0 Å². The standard InChI is InChI=1S/C5H9NO2/c7-4-2-5-1-3-6-8-5/h3,5,7H,1-2,4H2/t5-/m1/s1. The molecule has 3 nitrogen and oxygen atoms in total. The molecule has 1 rings (SSSR count). The lowest BCUT2D eigenvalue weighted by atomic mass is 10.2. The van der Waals surface area contributed by atoms with Crippen molar-refractivity contribution in [1.29, 1.82) is 0 Å². The third-order valence-electron chi connectivity index (χ3n) is 1.10. The van der Waals surface area contributed by atoms with E-state index in [0.29, 0.717) is 6.42 Å². The van der Waals surface area contributed by atoms with Gasteiger partial charge in [0.1, 0.15) is 6.10 Å². The molecule has 0 fully saturated rings. The fraction of sp³-hybridized carbons (Fsp3) is 0.800. The van der Waals surface area contributed by atoms with Gasteiger partial charge in [-0.05, 0) is 0 Å².